The molecule has 0 bridgehead atoms. The Balaban J connectivity index is 1.54. The second-order valence-corrected chi connectivity index (χ2v) is 7.50. The molecule has 1 aromatic heterocycles. The minimum atomic E-state index is -0.492. The number of amides is 1. The van der Waals surface area contributed by atoms with E-state index in [1.807, 2.05) is 61.5 Å². The van der Waals surface area contributed by atoms with E-state index in [4.69, 9.17) is 0 Å². The number of carbonyl (C=O) groups excluding carboxylic acids is 1. The van der Waals surface area contributed by atoms with Crippen LogP contribution in [-0.2, 0) is 0 Å². The van der Waals surface area contributed by atoms with Gasteiger partial charge in [0.1, 0.15) is 18.3 Å². The first kappa shape index (κ1) is 21.7. The van der Waals surface area contributed by atoms with Gasteiger partial charge in [-0.05, 0) is 48.9 Å². The molecule has 0 fully saturated rings. The molecule has 0 aliphatic carbocycles. The Morgan fingerprint density at radius 1 is 1.09 bits per heavy atom. The molecule has 9 nitrogen and oxygen atoms in total. The molecule has 0 spiro atoms. The van der Waals surface area contributed by atoms with Crippen LogP contribution in [0.2, 0.25) is 0 Å². The average molecular weight is 442 g/mol. The van der Waals surface area contributed by atoms with Gasteiger partial charge >= 0.3 is 0 Å². The fourth-order valence-corrected chi connectivity index (χ4v) is 3.45. The van der Waals surface area contributed by atoms with Gasteiger partial charge in [-0.25, -0.2) is 9.67 Å². The standard InChI is InChI=1S/C24H22N6O3/c1-17(18-8-11-21(12-9-18)29-16-25-15-26-29)28(2)24(31)19-10-13-22(23(14-19)30(32)33)27-20-6-4-3-5-7-20/h3-17,27H,1-2H3. The molecule has 1 heterocycles. The Labute approximate surface area is 190 Å². The highest BCUT2D eigenvalue weighted by molar-refractivity contribution is 5.96. The lowest BCUT2D eigenvalue weighted by Gasteiger charge is -2.25. The Hall–Kier alpha value is -4.53. The van der Waals surface area contributed by atoms with Gasteiger partial charge in [0.05, 0.1) is 16.7 Å². The summed E-state index contributed by atoms with van der Waals surface area (Å²) in [6.07, 6.45) is 3.07. The summed E-state index contributed by atoms with van der Waals surface area (Å²) < 4.78 is 1.65. The molecule has 4 rings (SSSR count). The monoisotopic (exact) mass is 442 g/mol. The van der Waals surface area contributed by atoms with Crippen LogP contribution in [0.25, 0.3) is 5.69 Å². The fourth-order valence-electron chi connectivity index (χ4n) is 3.45. The molecule has 0 aliphatic heterocycles. The summed E-state index contributed by atoms with van der Waals surface area (Å²) in [5, 5.41) is 18.8. The van der Waals surface area contributed by atoms with Crippen LogP contribution >= 0.6 is 0 Å². The van der Waals surface area contributed by atoms with Gasteiger partial charge in [-0.1, -0.05) is 30.3 Å². The van der Waals surface area contributed by atoms with Gasteiger partial charge in [-0.15, -0.1) is 0 Å². The summed E-state index contributed by atoms with van der Waals surface area (Å²) >= 11 is 0. The molecule has 0 radical (unpaired) electrons. The number of para-hydroxylation sites is 1. The van der Waals surface area contributed by atoms with Crippen molar-refractivity contribution in [3.63, 3.8) is 0 Å². The summed E-state index contributed by atoms with van der Waals surface area (Å²) in [6, 6.07) is 21.0. The number of benzene rings is 3. The normalized spacial score (nSPS) is 11.6. The molecule has 1 N–H and O–H groups in total. The molecule has 166 valence electrons. The fraction of sp³-hybridized carbons (Fsp3) is 0.125. The molecule has 0 saturated heterocycles. The smallest absolute Gasteiger partial charge is 0.293 e. The van der Waals surface area contributed by atoms with Crippen molar-refractivity contribution in [1.29, 1.82) is 0 Å². The average Bonchev–Trinajstić information content (AvgIpc) is 3.38. The molecule has 1 amide bonds. The van der Waals surface area contributed by atoms with Crippen LogP contribution in [0.1, 0.15) is 28.9 Å². The Bertz CT molecular complexity index is 1260. The lowest BCUT2D eigenvalue weighted by Crippen LogP contribution is -2.29. The zero-order valence-corrected chi connectivity index (χ0v) is 18.1. The van der Waals surface area contributed by atoms with Crippen LogP contribution in [0.15, 0.2) is 85.5 Å². The first-order valence-corrected chi connectivity index (χ1v) is 10.3. The van der Waals surface area contributed by atoms with Crippen molar-refractivity contribution in [2.24, 2.45) is 0 Å². The predicted octanol–water partition coefficient (Wildman–Crippen LogP) is 4.75. The molecular formula is C24H22N6O3. The van der Waals surface area contributed by atoms with Crippen molar-refractivity contribution in [2.75, 3.05) is 12.4 Å². The Morgan fingerprint density at radius 2 is 1.82 bits per heavy atom. The van der Waals surface area contributed by atoms with Gasteiger partial charge < -0.3 is 10.2 Å². The van der Waals surface area contributed by atoms with E-state index in [2.05, 4.69) is 15.4 Å². The van der Waals surface area contributed by atoms with Crippen LogP contribution in [0.4, 0.5) is 17.1 Å². The van der Waals surface area contributed by atoms with Crippen molar-refractivity contribution in [3.05, 3.63) is 107 Å². The van der Waals surface area contributed by atoms with Crippen molar-refractivity contribution in [1.82, 2.24) is 19.7 Å². The van der Waals surface area contributed by atoms with Crippen LogP contribution in [0.5, 0.6) is 0 Å². The number of hydrogen-bond acceptors (Lipinski definition) is 6. The molecule has 3 aromatic carbocycles. The van der Waals surface area contributed by atoms with Gasteiger partial charge in [0, 0.05) is 24.4 Å². The van der Waals surface area contributed by atoms with E-state index < -0.39 is 4.92 Å². The molecule has 0 aliphatic rings. The van der Waals surface area contributed by atoms with Crippen LogP contribution in [0, 0.1) is 10.1 Å². The summed E-state index contributed by atoms with van der Waals surface area (Å²) in [5.74, 6) is -0.308. The van der Waals surface area contributed by atoms with Gasteiger partial charge in [0.2, 0.25) is 0 Å². The minimum Gasteiger partial charge on any atom is -0.350 e. The van der Waals surface area contributed by atoms with E-state index in [1.165, 1.54) is 12.4 Å². The Kier molecular flexibility index (Phi) is 6.12. The molecule has 1 unspecified atom stereocenters. The first-order chi connectivity index (χ1) is 15.9. The largest absolute Gasteiger partial charge is 0.350 e. The number of nitro groups is 1. The Morgan fingerprint density at radius 3 is 2.45 bits per heavy atom. The predicted molar refractivity (Wildman–Crippen MR) is 125 cm³/mol. The summed E-state index contributed by atoms with van der Waals surface area (Å²) in [4.78, 5) is 29.8. The lowest BCUT2D eigenvalue weighted by atomic mass is 10.1. The van der Waals surface area contributed by atoms with Crippen LogP contribution in [-0.4, -0.2) is 37.5 Å². The highest BCUT2D eigenvalue weighted by atomic mass is 16.6. The third-order valence-corrected chi connectivity index (χ3v) is 5.45. The molecule has 4 aromatic rings. The SMILES string of the molecule is CC(c1ccc(-n2cncn2)cc1)N(C)C(=O)c1ccc(Nc2ccccc2)c([N+](=O)[O-])c1. The molecule has 33 heavy (non-hydrogen) atoms. The van der Waals surface area contributed by atoms with Crippen molar-refractivity contribution < 1.29 is 9.72 Å². The summed E-state index contributed by atoms with van der Waals surface area (Å²) in [7, 11) is 1.68. The number of nitro benzene ring substituents is 1. The minimum absolute atomic E-state index is 0.164. The van der Waals surface area contributed by atoms with E-state index in [1.54, 1.807) is 35.1 Å². The number of aromatic nitrogens is 3. The van der Waals surface area contributed by atoms with Gasteiger partial charge in [0.25, 0.3) is 11.6 Å². The number of hydrogen-bond donors (Lipinski definition) is 1. The van der Waals surface area contributed by atoms with Crippen LogP contribution in [0.3, 0.4) is 0 Å². The van der Waals surface area contributed by atoms with Crippen molar-refractivity contribution in [2.45, 2.75) is 13.0 Å². The molecular weight excluding hydrogens is 420 g/mol. The zero-order valence-electron chi connectivity index (χ0n) is 18.1. The topological polar surface area (TPSA) is 106 Å². The molecule has 1 atom stereocenters. The summed E-state index contributed by atoms with van der Waals surface area (Å²) in [5.41, 5.74) is 2.90. The highest BCUT2D eigenvalue weighted by Crippen LogP contribution is 2.30. The summed E-state index contributed by atoms with van der Waals surface area (Å²) in [6.45, 7) is 1.90. The second kappa shape index (κ2) is 9.31. The zero-order chi connectivity index (χ0) is 23.4. The van der Waals surface area contributed by atoms with Crippen molar-refractivity contribution in [3.8, 4) is 5.69 Å². The number of carbonyl (C=O) groups is 1. The van der Waals surface area contributed by atoms with Gasteiger partial charge in [-0.3, -0.25) is 14.9 Å². The highest BCUT2D eigenvalue weighted by Gasteiger charge is 2.23. The number of anilines is 2. The number of rotatable bonds is 7. The maximum absolute atomic E-state index is 13.1. The maximum atomic E-state index is 13.1. The van der Waals surface area contributed by atoms with E-state index in [0.29, 0.717) is 5.69 Å². The quantitative estimate of drug-likeness (QED) is 0.327. The van der Waals surface area contributed by atoms with Gasteiger partial charge in [0.15, 0.2) is 0 Å². The van der Waals surface area contributed by atoms with E-state index in [9.17, 15) is 14.9 Å². The third kappa shape index (κ3) is 4.72. The van der Waals surface area contributed by atoms with E-state index in [-0.39, 0.29) is 23.2 Å². The second-order valence-electron chi connectivity index (χ2n) is 7.50. The lowest BCUT2D eigenvalue weighted by molar-refractivity contribution is -0.383. The van der Waals surface area contributed by atoms with Crippen LogP contribution < -0.4 is 5.32 Å². The number of nitrogens with zero attached hydrogens (tertiary/aromatic N) is 5. The van der Waals surface area contributed by atoms with E-state index >= 15 is 0 Å². The first-order valence-electron chi connectivity index (χ1n) is 10.3. The van der Waals surface area contributed by atoms with Crippen molar-refractivity contribution >= 4 is 23.0 Å². The third-order valence-electron chi connectivity index (χ3n) is 5.45. The number of nitrogens with one attached hydrogen (secondary N) is 1. The molecule has 9 heteroatoms. The maximum Gasteiger partial charge on any atom is 0.293 e. The van der Waals surface area contributed by atoms with Gasteiger partial charge in [-0.2, -0.15) is 5.10 Å². The molecule has 0 saturated carbocycles. The van der Waals surface area contributed by atoms with E-state index in [0.717, 1.165) is 16.9 Å².